The third kappa shape index (κ3) is 5.56. The molecule has 0 amide bonds. The Morgan fingerprint density at radius 1 is 1.08 bits per heavy atom. The molecule has 12 heavy (non-hydrogen) atoms. The van der Waals surface area contributed by atoms with Crippen molar-refractivity contribution in [2.24, 2.45) is 0 Å². The third-order valence-electron chi connectivity index (χ3n) is 2.00. The fraction of sp³-hybridized carbons (Fsp3) is 1.00. The summed E-state index contributed by atoms with van der Waals surface area (Å²) in [5.74, 6) is 0. The maximum Gasteiger partial charge on any atom is 0.0704 e. The minimum Gasteiger partial charge on any atom is -0.379 e. The van der Waals surface area contributed by atoms with E-state index in [1.807, 2.05) is 0 Å². The quantitative estimate of drug-likeness (QED) is 0.523. The van der Waals surface area contributed by atoms with Crippen molar-refractivity contribution in [3.63, 3.8) is 0 Å². The Kier molecular flexibility index (Phi) is 5.37. The van der Waals surface area contributed by atoms with Crippen LogP contribution in [0.4, 0.5) is 0 Å². The molecule has 0 saturated heterocycles. The second kappa shape index (κ2) is 6.44. The lowest BCUT2D eigenvalue weighted by Crippen LogP contribution is -2.06. The first-order valence-corrected chi connectivity index (χ1v) is 5.13. The van der Waals surface area contributed by atoms with Crippen LogP contribution in [-0.4, -0.2) is 25.9 Å². The molecule has 0 aromatic rings. The molecule has 1 aliphatic rings. The fourth-order valence-electron chi connectivity index (χ4n) is 1.06. The minimum absolute atomic E-state index is 0.573. The first-order chi connectivity index (χ1) is 5.93. The summed E-state index contributed by atoms with van der Waals surface area (Å²) < 4.78 is 10.8. The highest BCUT2D eigenvalue weighted by Gasteiger charge is 2.21. The summed E-state index contributed by atoms with van der Waals surface area (Å²) in [6.07, 6.45) is 6.83. The Morgan fingerprint density at radius 2 is 1.92 bits per heavy atom. The summed E-state index contributed by atoms with van der Waals surface area (Å²) in [4.78, 5) is 0. The van der Waals surface area contributed by atoms with Gasteiger partial charge in [0.2, 0.25) is 0 Å². The first kappa shape index (κ1) is 10.0. The highest BCUT2D eigenvalue weighted by Crippen LogP contribution is 2.22. The van der Waals surface area contributed by atoms with E-state index >= 15 is 0 Å². The van der Waals surface area contributed by atoms with Gasteiger partial charge < -0.3 is 9.47 Å². The molecule has 0 unspecified atom stereocenters. The topological polar surface area (TPSA) is 18.5 Å². The van der Waals surface area contributed by atoms with Gasteiger partial charge in [-0.1, -0.05) is 19.8 Å². The van der Waals surface area contributed by atoms with Crippen LogP contribution in [-0.2, 0) is 9.47 Å². The monoisotopic (exact) mass is 172 g/mol. The fourth-order valence-corrected chi connectivity index (χ4v) is 1.06. The molecule has 0 spiro atoms. The third-order valence-corrected chi connectivity index (χ3v) is 2.00. The highest BCUT2D eigenvalue weighted by atomic mass is 16.5. The lowest BCUT2D eigenvalue weighted by Gasteiger charge is -2.03. The van der Waals surface area contributed by atoms with Crippen molar-refractivity contribution < 1.29 is 9.47 Å². The van der Waals surface area contributed by atoms with E-state index in [9.17, 15) is 0 Å². The lowest BCUT2D eigenvalue weighted by atomic mass is 10.3. The molecule has 0 atom stereocenters. The Hall–Kier alpha value is -0.0800. The van der Waals surface area contributed by atoms with Crippen molar-refractivity contribution in [2.75, 3.05) is 19.8 Å². The van der Waals surface area contributed by atoms with E-state index in [4.69, 9.17) is 9.47 Å². The van der Waals surface area contributed by atoms with E-state index in [1.54, 1.807) is 0 Å². The molecule has 1 rings (SSSR count). The minimum atomic E-state index is 0.573. The van der Waals surface area contributed by atoms with Crippen molar-refractivity contribution in [1.82, 2.24) is 0 Å². The van der Waals surface area contributed by atoms with E-state index in [-0.39, 0.29) is 0 Å². The van der Waals surface area contributed by atoms with E-state index in [2.05, 4.69) is 6.92 Å². The summed E-state index contributed by atoms with van der Waals surface area (Å²) in [5, 5.41) is 0. The summed E-state index contributed by atoms with van der Waals surface area (Å²) in [6.45, 7) is 4.68. The van der Waals surface area contributed by atoms with Crippen LogP contribution in [0, 0.1) is 0 Å². The van der Waals surface area contributed by atoms with Crippen LogP contribution < -0.4 is 0 Å². The predicted octanol–water partition coefficient (Wildman–Crippen LogP) is 2.37. The van der Waals surface area contributed by atoms with Crippen LogP contribution in [0.25, 0.3) is 0 Å². The van der Waals surface area contributed by atoms with Gasteiger partial charge in [0.05, 0.1) is 19.3 Å². The second-order valence-electron chi connectivity index (χ2n) is 3.39. The van der Waals surface area contributed by atoms with E-state index in [0.717, 1.165) is 19.8 Å². The van der Waals surface area contributed by atoms with Crippen LogP contribution >= 0.6 is 0 Å². The molecule has 1 fully saturated rings. The van der Waals surface area contributed by atoms with Gasteiger partial charge in [0.25, 0.3) is 0 Å². The van der Waals surface area contributed by atoms with Gasteiger partial charge in [-0.3, -0.25) is 0 Å². The number of rotatable bonds is 8. The van der Waals surface area contributed by atoms with Crippen molar-refractivity contribution >= 4 is 0 Å². The van der Waals surface area contributed by atoms with Crippen molar-refractivity contribution in [3.05, 3.63) is 0 Å². The van der Waals surface area contributed by atoms with Crippen molar-refractivity contribution in [1.29, 1.82) is 0 Å². The Bertz CT molecular complexity index is 100. The standard InChI is InChI=1S/C10H20O2/c1-2-3-4-7-11-8-9-12-10-5-6-10/h10H,2-9H2,1H3. The number of ether oxygens (including phenoxy) is 2. The molecule has 0 heterocycles. The van der Waals surface area contributed by atoms with Gasteiger partial charge in [0, 0.05) is 6.61 Å². The highest BCUT2D eigenvalue weighted by molar-refractivity contribution is 4.72. The van der Waals surface area contributed by atoms with Crippen molar-refractivity contribution in [2.45, 2.75) is 45.1 Å². The van der Waals surface area contributed by atoms with Gasteiger partial charge in [-0.2, -0.15) is 0 Å². The molecular formula is C10H20O2. The normalized spacial score (nSPS) is 16.8. The molecule has 2 nitrogen and oxygen atoms in total. The largest absolute Gasteiger partial charge is 0.379 e. The summed E-state index contributed by atoms with van der Waals surface area (Å²) in [6, 6.07) is 0. The zero-order valence-electron chi connectivity index (χ0n) is 8.05. The molecule has 0 radical (unpaired) electrons. The molecule has 2 heteroatoms. The van der Waals surface area contributed by atoms with Gasteiger partial charge in [-0.25, -0.2) is 0 Å². The van der Waals surface area contributed by atoms with Crippen molar-refractivity contribution in [3.8, 4) is 0 Å². The van der Waals surface area contributed by atoms with E-state index in [1.165, 1.54) is 32.1 Å². The van der Waals surface area contributed by atoms with Crippen LogP contribution in [0.3, 0.4) is 0 Å². The lowest BCUT2D eigenvalue weighted by molar-refractivity contribution is 0.0390. The zero-order valence-corrected chi connectivity index (χ0v) is 8.05. The summed E-state index contributed by atoms with van der Waals surface area (Å²) >= 11 is 0. The maximum absolute atomic E-state index is 5.43. The molecular weight excluding hydrogens is 152 g/mol. The average molecular weight is 172 g/mol. The van der Waals surface area contributed by atoms with Crippen LogP contribution in [0.1, 0.15) is 39.0 Å². The Labute approximate surface area is 75.2 Å². The van der Waals surface area contributed by atoms with Gasteiger partial charge in [0.15, 0.2) is 0 Å². The SMILES string of the molecule is CCCCCOCCOC1CC1. The number of hydrogen-bond donors (Lipinski definition) is 0. The summed E-state index contributed by atoms with van der Waals surface area (Å²) in [7, 11) is 0. The predicted molar refractivity (Wildman–Crippen MR) is 49.3 cm³/mol. The maximum atomic E-state index is 5.43. The van der Waals surface area contributed by atoms with Gasteiger partial charge in [-0.15, -0.1) is 0 Å². The zero-order chi connectivity index (χ0) is 8.65. The molecule has 0 aromatic carbocycles. The molecule has 0 aliphatic heterocycles. The molecule has 0 N–H and O–H groups in total. The Balaban J connectivity index is 1.65. The Morgan fingerprint density at radius 3 is 2.58 bits per heavy atom. The summed E-state index contributed by atoms with van der Waals surface area (Å²) in [5.41, 5.74) is 0. The van der Waals surface area contributed by atoms with Crippen LogP contribution in [0.5, 0.6) is 0 Å². The van der Waals surface area contributed by atoms with Crippen LogP contribution in [0.15, 0.2) is 0 Å². The molecule has 0 aromatic heterocycles. The molecule has 72 valence electrons. The van der Waals surface area contributed by atoms with E-state index in [0.29, 0.717) is 6.10 Å². The van der Waals surface area contributed by atoms with Crippen LogP contribution in [0.2, 0.25) is 0 Å². The van der Waals surface area contributed by atoms with Gasteiger partial charge >= 0.3 is 0 Å². The molecule has 1 saturated carbocycles. The molecule has 0 bridgehead atoms. The second-order valence-corrected chi connectivity index (χ2v) is 3.39. The number of hydrogen-bond acceptors (Lipinski definition) is 2. The van der Waals surface area contributed by atoms with E-state index < -0.39 is 0 Å². The van der Waals surface area contributed by atoms with Gasteiger partial charge in [-0.05, 0) is 19.3 Å². The van der Waals surface area contributed by atoms with Gasteiger partial charge in [0.1, 0.15) is 0 Å². The smallest absolute Gasteiger partial charge is 0.0704 e. The average Bonchev–Trinajstić information content (AvgIpc) is 2.87. The molecule has 1 aliphatic carbocycles. The number of unbranched alkanes of at least 4 members (excludes halogenated alkanes) is 2. The first-order valence-electron chi connectivity index (χ1n) is 5.13.